The van der Waals surface area contributed by atoms with E-state index >= 15 is 0 Å². The molecule has 2 amide bonds. The lowest BCUT2D eigenvalue weighted by molar-refractivity contribution is -0.119. The molecule has 0 spiro atoms. The summed E-state index contributed by atoms with van der Waals surface area (Å²) in [7, 11) is -11.2. The summed E-state index contributed by atoms with van der Waals surface area (Å²) < 4.78 is 123. The van der Waals surface area contributed by atoms with Gasteiger partial charge in [0.05, 0.1) is 22.1 Å². The van der Waals surface area contributed by atoms with Crippen LogP contribution >= 0.6 is 0 Å². The molecule has 1 unspecified atom stereocenters. The summed E-state index contributed by atoms with van der Waals surface area (Å²) in [4.78, 5) is 22.9. The molecule has 0 radical (unpaired) electrons. The Balaban J connectivity index is 1.86. The van der Waals surface area contributed by atoms with Crippen molar-refractivity contribution < 1.29 is 52.8 Å². The number of carbonyl (C=O) groups is 2. The molecular weight excluding hydrogens is 590 g/mol. The van der Waals surface area contributed by atoms with Gasteiger partial charge in [-0.3, -0.25) is 9.59 Å². The van der Waals surface area contributed by atoms with Gasteiger partial charge in [0.15, 0.2) is 0 Å². The quantitative estimate of drug-likeness (QED) is 0.370. The number of nitrogens with two attached hydrogens (primary N) is 1. The van der Waals surface area contributed by atoms with E-state index in [0.29, 0.717) is 24.3 Å². The number of anilines is 1. The van der Waals surface area contributed by atoms with Crippen LogP contribution in [0.5, 0.6) is 0 Å². The van der Waals surface area contributed by atoms with E-state index in [1.54, 1.807) is 0 Å². The first-order valence-corrected chi connectivity index (χ1v) is 13.8. The number of primary amides is 1. The monoisotopic (exact) mass is 608 g/mol. The molecule has 0 aliphatic heterocycles. The highest BCUT2D eigenvalue weighted by Crippen LogP contribution is 2.33. The molecule has 0 aliphatic carbocycles. The first-order chi connectivity index (χ1) is 18.4. The molecule has 0 aromatic heterocycles. The number of nitrogens with one attached hydrogen (secondary N) is 1. The first kappa shape index (κ1) is 30.6. The zero-order chi connectivity index (χ0) is 30.1. The first-order valence-electron chi connectivity index (χ1n) is 10.9. The van der Waals surface area contributed by atoms with Crippen LogP contribution in [-0.2, 0) is 35.7 Å². The number of benzene rings is 3. The lowest BCUT2D eigenvalue weighted by Gasteiger charge is -2.19. The Kier molecular flexibility index (Phi) is 8.36. The standard InChI is InChI=1S/C24H18F6N2O6S2/c25-23(26,27)39(35,36)17-9-5-14(6-10-17)21(22(31)34)19-4-2-1-3-15(19)13-20(33)32-16-7-11-18(12-8-16)40(37,38)24(28,29)30/h1-12,21H,13H2,(H2,31,34)(H,32,33). The van der Waals surface area contributed by atoms with Crippen LogP contribution in [0.3, 0.4) is 0 Å². The van der Waals surface area contributed by atoms with Crippen LogP contribution in [0.25, 0.3) is 0 Å². The highest BCUT2D eigenvalue weighted by atomic mass is 32.2. The van der Waals surface area contributed by atoms with Crippen LogP contribution in [0.2, 0.25) is 0 Å². The molecule has 8 nitrogen and oxygen atoms in total. The number of hydrogen-bond acceptors (Lipinski definition) is 6. The normalized spacial score (nSPS) is 13.4. The summed E-state index contributed by atoms with van der Waals surface area (Å²) in [5, 5.41) is 2.38. The Labute approximate surface area is 223 Å². The van der Waals surface area contributed by atoms with Gasteiger partial charge in [0.1, 0.15) is 0 Å². The fourth-order valence-electron chi connectivity index (χ4n) is 3.68. The van der Waals surface area contributed by atoms with Gasteiger partial charge >= 0.3 is 11.0 Å². The molecule has 1 atom stereocenters. The van der Waals surface area contributed by atoms with E-state index in [4.69, 9.17) is 5.73 Å². The van der Waals surface area contributed by atoms with Crippen molar-refractivity contribution in [1.82, 2.24) is 0 Å². The van der Waals surface area contributed by atoms with Crippen molar-refractivity contribution in [1.29, 1.82) is 0 Å². The molecule has 0 heterocycles. The molecule has 16 heteroatoms. The summed E-state index contributed by atoms with van der Waals surface area (Å²) in [6, 6.07) is 12.4. The summed E-state index contributed by atoms with van der Waals surface area (Å²) >= 11 is 0. The minimum Gasteiger partial charge on any atom is -0.369 e. The smallest absolute Gasteiger partial charge is 0.369 e. The minimum atomic E-state index is -5.63. The number of sulfone groups is 2. The Morgan fingerprint density at radius 1 is 0.725 bits per heavy atom. The van der Waals surface area contributed by atoms with Gasteiger partial charge in [0, 0.05) is 5.69 Å². The van der Waals surface area contributed by atoms with Gasteiger partial charge < -0.3 is 11.1 Å². The van der Waals surface area contributed by atoms with Gasteiger partial charge in [-0.1, -0.05) is 36.4 Å². The maximum atomic E-state index is 12.8. The fourth-order valence-corrected chi connectivity index (χ4v) is 5.20. The number of amides is 2. The summed E-state index contributed by atoms with van der Waals surface area (Å²) in [6.07, 6.45) is -0.400. The molecule has 3 rings (SSSR count). The summed E-state index contributed by atoms with van der Waals surface area (Å²) in [5.74, 6) is -2.96. The van der Waals surface area contributed by atoms with E-state index in [1.165, 1.54) is 24.3 Å². The predicted molar refractivity (Wildman–Crippen MR) is 129 cm³/mol. The molecule has 0 aliphatic rings. The van der Waals surface area contributed by atoms with Crippen molar-refractivity contribution in [3.63, 3.8) is 0 Å². The third-order valence-corrected chi connectivity index (χ3v) is 8.59. The van der Waals surface area contributed by atoms with Gasteiger partial charge in [-0.15, -0.1) is 0 Å². The van der Waals surface area contributed by atoms with Crippen molar-refractivity contribution in [3.05, 3.63) is 89.5 Å². The van der Waals surface area contributed by atoms with E-state index in [1.807, 2.05) is 0 Å². The van der Waals surface area contributed by atoms with Gasteiger partial charge in [0.2, 0.25) is 11.8 Å². The zero-order valence-corrected chi connectivity index (χ0v) is 21.5. The molecule has 40 heavy (non-hydrogen) atoms. The van der Waals surface area contributed by atoms with E-state index in [0.717, 1.165) is 24.3 Å². The van der Waals surface area contributed by atoms with Crippen molar-refractivity contribution in [2.75, 3.05) is 5.32 Å². The van der Waals surface area contributed by atoms with E-state index in [-0.39, 0.29) is 22.4 Å². The average molecular weight is 609 g/mol. The lowest BCUT2D eigenvalue weighted by Crippen LogP contribution is -2.25. The predicted octanol–water partition coefficient (Wildman–Crippen LogP) is 4.07. The Morgan fingerprint density at radius 3 is 1.62 bits per heavy atom. The highest BCUT2D eigenvalue weighted by Gasteiger charge is 2.47. The van der Waals surface area contributed by atoms with Crippen LogP contribution in [-0.4, -0.2) is 39.7 Å². The SMILES string of the molecule is NC(=O)C(c1ccc(S(=O)(=O)C(F)(F)F)cc1)c1ccccc1CC(=O)Nc1ccc(S(=O)(=O)C(F)(F)F)cc1. The maximum absolute atomic E-state index is 12.8. The third-order valence-electron chi connectivity index (χ3n) is 5.58. The molecule has 3 aromatic carbocycles. The summed E-state index contributed by atoms with van der Waals surface area (Å²) in [6.45, 7) is 0. The number of rotatable bonds is 8. The Bertz CT molecular complexity index is 1630. The van der Waals surface area contributed by atoms with Gasteiger partial charge in [-0.05, 0) is 53.1 Å². The van der Waals surface area contributed by atoms with E-state index in [2.05, 4.69) is 5.32 Å². The number of carbonyl (C=O) groups excluding carboxylic acids is 2. The molecule has 3 aromatic rings. The Hall–Kier alpha value is -3.92. The van der Waals surface area contributed by atoms with Crippen LogP contribution in [0, 0.1) is 0 Å². The van der Waals surface area contributed by atoms with E-state index < -0.39 is 64.6 Å². The van der Waals surface area contributed by atoms with Crippen LogP contribution in [0.15, 0.2) is 82.6 Å². The molecule has 0 bridgehead atoms. The van der Waals surface area contributed by atoms with Crippen LogP contribution in [0.4, 0.5) is 32.0 Å². The second-order valence-electron chi connectivity index (χ2n) is 8.25. The molecule has 3 N–H and O–H groups in total. The van der Waals surface area contributed by atoms with Crippen LogP contribution in [0.1, 0.15) is 22.6 Å². The number of hydrogen-bond donors (Lipinski definition) is 2. The van der Waals surface area contributed by atoms with Crippen molar-refractivity contribution in [2.45, 2.75) is 33.1 Å². The zero-order valence-electron chi connectivity index (χ0n) is 19.8. The highest BCUT2D eigenvalue weighted by molar-refractivity contribution is 7.92. The number of halogens is 6. The van der Waals surface area contributed by atoms with Crippen molar-refractivity contribution >= 4 is 37.2 Å². The second kappa shape index (κ2) is 10.9. The van der Waals surface area contributed by atoms with Gasteiger partial charge in [-0.2, -0.15) is 26.3 Å². The molecule has 214 valence electrons. The number of alkyl halides is 6. The van der Waals surface area contributed by atoms with Crippen molar-refractivity contribution in [2.24, 2.45) is 5.73 Å². The summed E-state index contributed by atoms with van der Waals surface area (Å²) in [5.41, 5.74) is -5.08. The van der Waals surface area contributed by atoms with E-state index in [9.17, 15) is 52.8 Å². The lowest BCUT2D eigenvalue weighted by atomic mass is 9.86. The molecular formula is C24H18F6N2O6S2. The molecule has 0 saturated heterocycles. The fraction of sp³-hybridized carbons (Fsp3) is 0.167. The van der Waals surface area contributed by atoms with Crippen LogP contribution < -0.4 is 11.1 Å². The van der Waals surface area contributed by atoms with Crippen molar-refractivity contribution in [3.8, 4) is 0 Å². The topological polar surface area (TPSA) is 140 Å². The average Bonchev–Trinajstić information content (AvgIpc) is 2.84. The largest absolute Gasteiger partial charge is 0.501 e. The third kappa shape index (κ3) is 6.28. The second-order valence-corrected chi connectivity index (χ2v) is 12.1. The molecule has 0 saturated carbocycles. The Morgan fingerprint density at radius 2 is 1.18 bits per heavy atom. The van der Waals surface area contributed by atoms with Gasteiger partial charge in [-0.25, -0.2) is 16.8 Å². The maximum Gasteiger partial charge on any atom is 0.501 e. The van der Waals surface area contributed by atoms with Gasteiger partial charge in [0.25, 0.3) is 19.7 Å². The minimum absolute atomic E-state index is 0.0310. The molecule has 0 fully saturated rings.